The maximum atomic E-state index is 12.8. The van der Waals surface area contributed by atoms with E-state index < -0.39 is 6.67 Å². The van der Waals surface area contributed by atoms with Crippen LogP contribution in [0, 0.1) is 6.92 Å². The number of aromatic nitrogens is 2. The second-order valence-corrected chi connectivity index (χ2v) is 6.75. The number of hydrogen-bond acceptors (Lipinski definition) is 4. The van der Waals surface area contributed by atoms with Crippen molar-refractivity contribution in [3.8, 4) is 10.4 Å². The summed E-state index contributed by atoms with van der Waals surface area (Å²) < 4.78 is 14.1. The number of fused-ring (bicyclic) bond motifs is 1. The van der Waals surface area contributed by atoms with Crippen molar-refractivity contribution < 1.29 is 4.39 Å². The number of thiophene rings is 2. The van der Waals surface area contributed by atoms with Crippen molar-refractivity contribution in [3.63, 3.8) is 0 Å². The molecule has 0 aromatic carbocycles. The predicted molar refractivity (Wildman–Crippen MR) is 87.3 cm³/mol. The minimum Gasteiger partial charge on any atom is -0.294 e. The highest BCUT2D eigenvalue weighted by atomic mass is 32.1. The topological polar surface area (TPSA) is 34.9 Å². The number of aryl methyl sites for hydroxylation is 2. The van der Waals surface area contributed by atoms with Gasteiger partial charge in [-0.3, -0.25) is 9.36 Å². The fraction of sp³-hybridized carbons (Fsp3) is 0.333. The number of halogens is 1. The first-order valence-corrected chi connectivity index (χ1v) is 8.49. The zero-order chi connectivity index (χ0) is 15.0. The molecule has 110 valence electrons. The Morgan fingerprint density at radius 3 is 2.86 bits per heavy atom. The Morgan fingerprint density at radius 1 is 1.43 bits per heavy atom. The molecule has 0 saturated carbocycles. The van der Waals surface area contributed by atoms with E-state index in [1.54, 1.807) is 29.6 Å². The first-order chi connectivity index (χ1) is 10.2. The zero-order valence-corrected chi connectivity index (χ0v) is 13.5. The third kappa shape index (κ3) is 2.32. The summed E-state index contributed by atoms with van der Waals surface area (Å²) in [6.45, 7) is 3.34. The van der Waals surface area contributed by atoms with Gasteiger partial charge in [-0.15, -0.1) is 22.7 Å². The van der Waals surface area contributed by atoms with Gasteiger partial charge in [-0.2, -0.15) is 0 Å². The van der Waals surface area contributed by atoms with Gasteiger partial charge in [0.15, 0.2) is 0 Å². The molecule has 0 saturated heterocycles. The maximum absolute atomic E-state index is 12.8. The molecule has 0 unspecified atom stereocenters. The van der Waals surface area contributed by atoms with Gasteiger partial charge in [0, 0.05) is 15.3 Å². The van der Waals surface area contributed by atoms with Gasteiger partial charge in [-0.25, -0.2) is 9.37 Å². The lowest BCUT2D eigenvalue weighted by molar-refractivity contribution is 0.435. The van der Waals surface area contributed by atoms with Crippen molar-refractivity contribution in [2.24, 2.45) is 0 Å². The summed E-state index contributed by atoms with van der Waals surface area (Å²) in [4.78, 5) is 20.3. The van der Waals surface area contributed by atoms with Gasteiger partial charge >= 0.3 is 0 Å². The van der Waals surface area contributed by atoms with Gasteiger partial charge in [-0.05, 0) is 24.8 Å². The molecule has 0 fully saturated rings. The van der Waals surface area contributed by atoms with Crippen molar-refractivity contribution in [1.82, 2.24) is 9.55 Å². The molecular formula is C15H15FN2OS2. The average Bonchev–Trinajstić information content (AvgIpc) is 3.09. The predicted octanol–water partition coefficient (Wildman–Crippen LogP) is 4.03. The zero-order valence-electron chi connectivity index (χ0n) is 11.9. The average molecular weight is 322 g/mol. The van der Waals surface area contributed by atoms with Crippen LogP contribution in [0.1, 0.15) is 17.6 Å². The molecule has 0 aliphatic rings. The summed E-state index contributed by atoms with van der Waals surface area (Å²) in [5.41, 5.74) is 0.854. The van der Waals surface area contributed by atoms with E-state index in [9.17, 15) is 9.18 Å². The lowest BCUT2D eigenvalue weighted by atomic mass is 10.1. The van der Waals surface area contributed by atoms with Crippen LogP contribution in [0.25, 0.3) is 20.7 Å². The Morgan fingerprint density at radius 2 is 2.24 bits per heavy atom. The van der Waals surface area contributed by atoms with Gasteiger partial charge in [-0.1, -0.05) is 13.0 Å². The highest BCUT2D eigenvalue weighted by molar-refractivity contribution is 7.20. The molecule has 0 N–H and O–H groups in total. The fourth-order valence-corrected chi connectivity index (χ4v) is 4.54. The van der Waals surface area contributed by atoms with Gasteiger partial charge in [0.1, 0.15) is 17.3 Å². The van der Waals surface area contributed by atoms with E-state index in [0.29, 0.717) is 11.2 Å². The number of rotatable bonds is 4. The molecule has 0 aliphatic carbocycles. The highest BCUT2D eigenvalue weighted by Gasteiger charge is 2.20. The molecule has 3 aromatic heterocycles. The highest BCUT2D eigenvalue weighted by Crippen LogP contribution is 2.38. The molecule has 0 amide bonds. The fourth-order valence-electron chi connectivity index (χ4n) is 2.51. The van der Waals surface area contributed by atoms with E-state index in [4.69, 9.17) is 0 Å². The Labute approximate surface area is 129 Å². The molecule has 3 aromatic rings. The summed E-state index contributed by atoms with van der Waals surface area (Å²) in [5.74, 6) is 0.576. The normalized spacial score (nSPS) is 11.4. The van der Waals surface area contributed by atoms with E-state index in [-0.39, 0.29) is 12.1 Å². The number of alkyl halides is 1. The molecule has 6 heteroatoms. The van der Waals surface area contributed by atoms with E-state index >= 15 is 0 Å². The molecule has 3 nitrogen and oxygen atoms in total. The number of hydrogen-bond donors (Lipinski definition) is 0. The lowest BCUT2D eigenvalue weighted by Crippen LogP contribution is -2.24. The van der Waals surface area contributed by atoms with E-state index in [2.05, 4.69) is 11.9 Å². The molecule has 3 heterocycles. The molecule has 0 radical (unpaired) electrons. The van der Waals surface area contributed by atoms with Crippen LogP contribution in [-0.4, -0.2) is 16.2 Å². The maximum Gasteiger partial charge on any atom is 0.263 e. The molecule has 0 spiro atoms. The monoisotopic (exact) mass is 322 g/mol. The SMILES string of the molecule is CCc1sc2nc(C)n(CCF)c(=O)c2c1-c1cccs1. The van der Waals surface area contributed by atoms with Crippen LogP contribution in [0.4, 0.5) is 4.39 Å². The second-order valence-electron chi connectivity index (χ2n) is 4.72. The van der Waals surface area contributed by atoms with Gasteiger partial charge in [0.25, 0.3) is 5.56 Å². The van der Waals surface area contributed by atoms with Gasteiger partial charge < -0.3 is 0 Å². The largest absolute Gasteiger partial charge is 0.294 e. The van der Waals surface area contributed by atoms with Crippen LogP contribution in [0.15, 0.2) is 22.3 Å². The Hall–Kier alpha value is -1.53. The van der Waals surface area contributed by atoms with E-state index in [0.717, 1.165) is 26.6 Å². The van der Waals surface area contributed by atoms with E-state index in [1.807, 2.05) is 17.5 Å². The van der Waals surface area contributed by atoms with Crippen LogP contribution in [-0.2, 0) is 13.0 Å². The number of nitrogens with zero attached hydrogens (tertiary/aromatic N) is 2. The molecular weight excluding hydrogens is 307 g/mol. The minimum absolute atomic E-state index is 0.0643. The van der Waals surface area contributed by atoms with Gasteiger partial charge in [0.05, 0.1) is 11.9 Å². The Balaban J connectivity index is 2.40. The Bertz CT molecular complexity index is 834. The van der Waals surface area contributed by atoms with Crippen LogP contribution < -0.4 is 5.56 Å². The van der Waals surface area contributed by atoms with Crippen molar-refractivity contribution in [3.05, 3.63) is 38.6 Å². The second kappa shape index (κ2) is 5.69. The summed E-state index contributed by atoms with van der Waals surface area (Å²) in [7, 11) is 0. The molecule has 0 atom stereocenters. The minimum atomic E-state index is -0.562. The summed E-state index contributed by atoms with van der Waals surface area (Å²) in [6.07, 6.45) is 0.857. The summed E-state index contributed by atoms with van der Waals surface area (Å²) in [5, 5.41) is 2.64. The quantitative estimate of drug-likeness (QED) is 0.727. The third-order valence-corrected chi connectivity index (χ3v) is 5.59. The molecule has 3 rings (SSSR count). The molecule has 21 heavy (non-hydrogen) atoms. The van der Waals surface area contributed by atoms with Crippen molar-refractivity contribution in [1.29, 1.82) is 0 Å². The van der Waals surface area contributed by atoms with Crippen LogP contribution in [0.5, 0.6) is 0 Å². The third-order valence-electron chi connectivity index (χ3n) is 3.47. The van der Waals surface area contributed by atoms with Crippen molar-refractivity contribution >= 4 is 32.9 Å². The Kier molecular flexibility index (Phi) is 3.91. The summed E-state index contributed by atoms with van der Waals surface area (Å²) >= 11 is 3.18. The van der Waals surface area contributed by atoms with Crippen LogP contribution in [0.3, 0.4) is 0 Å². The first-order valence-electron chi connectivity index (χ1n) is 6.80. The van der Waals surface area contributed by atoms with Crippen molar-refractivity contribution in [2.75, 3.05) is 6.67 Å². The molecule has 0 bridgehead atoms. The standard InChI is InChI=1S/C15H15FN2OS2/c1-3-10-12(11-5-4-8-20-11)13-14(21-10)17-9(2)18(7-6-16)15(13)19/h4-5,8H,3,6-7H2,1-2H3. The van der Waals surface area contributed by atoms with E-state index in [1.165, 1.54) is 4.57 Å². The van der Waals surface area contributed by atoms with Gasteiger partial charge in [0.2, 0.25) is 0 Å². The molecule has 0 aliphatic heterocycles. The van der Waals surface area contributed by atoms with Crippen molar-refractivity contribution in [2.45, 2.75) is 26.8 Å². The first kappa shape index (κ1) is 14.4. The smallest absolute Gasteiger partial charge is 0.263 e. The lowest BCUT2D eigenvalue weighted by Gasteiger charge is -2.07. The van der Waals surface area contributed by atoms with Crippen LogP contribution in [0.2, 0.25) is 0 Å². The van der Waals surface area contributed by atoms with Crippen LogP contribution >= 0.6 is 22.7 Å². The summed E-state index contributed by atoms with van der Waals surface area (Å²) in [6, 6.07) is 3.99.